The maximum absolute atomic E-state index is 13.3. The molecule has 0 aromatic heterocycles. The fourth-order valence-electron chi connectivity index (χ4n) is 4.63. The van der Waals surface area contributed by atoms with Gasteiger partial charge in [0.25, 0.3) is 0 Å². The van der Waals surface area contributed by atoms with Gasteiger partial charge in [0.2, 0.25) is 0 Å². The molecular weight excluding hydrogens is 398 g/mol. The highest BCUT2D eigenvalue weighted by Crippen LogP contribution is 2.32. The normalized spacial score (nSPS) is 17.0. The summed E-state index contributed by atoms with van der Waals surface area (Å²) in [6.07, 6.45) is 0.881. The third kappa shape index (κ3) is 4.69. The van der Waals surface area contributed by atoms with Crippen LogP contribution in [0.1, 0.15) is 61.6 Å². The lowest BCUT2D eigenvalue weighted by molar-refractivity contribution is 0.0132. The number of benzene rings is 3. The first kappa shape index (κ1) is 22.1. The predicted molar refractivity (Wildman–Crippen MR) is 128 cm³/mol. The zero-order chi connectivity index (χ0) is 22.9. The lowest BCUT2D eigenvalue weighted by atomic mass is 9.82. The Morgan fingerprint density at radius 1 is 1.00 bits per heavy atom. The Kier molecular flexibility index (Phi) is 6.05. The van der Waals surface area contributed by atoms with Gasteiger partial charge in [-0.3, -0.25) is 4.79 Å². The van der Waals surface area contributed by atoms with Gasteiger partial charge < -0.3 is 9.64 Å². The molecular formula is C28H31NO3. The minimum absolute atomic E-state index is 0.0577. The highest BCUT2D eigenvalue weighted by Gasteiger charge is 2.33. The van der Waals surface area contributed by atoms with Crippen molar-refractivity contribution in [3.63, 3.8) is 0 Å². The Labute approximate surface area is 190 Å². The molecule has 4 nitrogen and oxygen atoms in total. The summed E-state index contributed by atoms with van der Waals surface area (Å²) in [6.45, 7) is 8.16. The van der Waals surface area contributed by atoms with Crippen LogP contribution in [-0.4, -0.2) is 28.9 Å². The van der Waals surface area contributed by atoms with Gasteiger partial charge >= 0.3 is 6.09 Å². The van der Waals surface area contributed by atoms with Crippen LogP contribution in [0, 0.1) is 5.92 Å². The third-order valence-electron chi connectivity index (χ3n) is 6.12. The summed E-state index contributed by atoms with van der Waals surface area (Å²) < 4.78 is 5.79. The van der Waals surface area contributed by atoms with Crippen LogP contribution >= 0.6 is 0 Å². The second-order valence-electron chi connectivity index (χ2n) is 9.73. The molecule has 0 saturated carbocycles. The molecule has 0 fully saturated rings. The van der Waals surface area contributed by atoms with Crippen LogP contribution in [0.25, 0.3) is 10.8 Å². The van der Waals surface area contributed by atoms with Crippen molar-refractivity contribution in [2.45, 2.75) is 52.2 Å². The number of fused-ring (bicyclic) bond motifs is 2. The highest BCUT2D eigenvalue weighted by molar-refractivity contribution is 5.98. The van der Waals surface area contributed by atoms with E-state index in [0.717, 1.165) is 33.9 Å². The van der Waals surface area contributed by atoms with Crippen LogP contribution in [-0.2, 0) is 11.2 Å². The first-order chi connectivity index (χ1) is 15.2. The molecule has 0 aliphatic heterocycles. The number of carbonyl (C=O) groups is 2. The van der Waals surface area contributed by atoms with Crippen LogP contribution in [0.15, 0.2) is 66.7 Å². The van der Waals surface area contributed by atoms with Gasteiger partial charge in [0.1, 0.15) is 5.60 Å². The van der Waals surface area contributed by atoms with Gasteiger partial charge in [-0.2, -0.15) is 0 Å². The van der Waals surface area contributed by atoms with Crippen molar-refractivity contribution in [1.29, 1.82) is 0 Å². The van der Waals surface area contributed by atoms with Crippen molar-refractivity contribution in [3.8, 4) is 0 Å². The van der Waals surface area contributed by atoms with Crippen LogP contribution in [0.2, 0.25) is 0 Å². The molecule has 1 aliphatic carbocycles. The van der Waals surface area contributed by atoms with Crippen LogP contribution in [0.4, 0.5) is 4.79 Å². The SMILES string of the molecule is C[C@H](c1cccc2ccccc12)N(CC1CC(=O)c2ccccc2C1)C(=O)OC(C)(C)C. The van der Waals surface area contributed by atoms with Crippen LogP contribution < -0.4 is 0 Å². The summed E-state index contributed by atoms with van der Waals surface area (Å²) in [7, 11) is 0. The first-order valence-electron chi connectivity index (χ1n) is 11.3. The quantitative estimate of drug-likeness (QED) is 0.470. The number of nitrogens with zero attached hydrogens (tertiary/aromatic N) is 1. The molecule has 3 aromatic rings. The summed E-state index contributed by atoms with van der Waals surface area (Å²) in [5.74, 6) is 0.209. The van der Waals surface area contributed by atoms with Gasteiger partial charge in [-0.05, 0) is 61.9 Å². The Balaban J connectivity index is 1.66. The summed E-state index contributed by atoms with van der Waals surface area (Å²) in [5, 5.41) is 2.27. The van der Waals surface area contributed by atoms with Crippen molar-refractivity contribution in [3.05, 3.63) is 83.4 Å². The molecule has 1 unspecified atom stereocenters. The molecule has 1 aliphatic rings. The second-order valence-corrected chi connectivity index (χ2v) is 9.73. The standard InChI is InChI=1S/C28H31NO3/c1-19(23-15-9-12-21-10-5-7-13-24(21)23)29(27(31)32-28(2,3)4)18-20-16-22-11-6-8-14-25(22)26(30)17-20/h5-15,19-20H,16-18H2,1-4H3/t19-,20?/m1/s1. The number of amides is 1. The molecule has 2 atom stereocenters. The van der Waals surface area contributed by atoms with Gasteiger partial charge in [-0.15, -0.1) is 0 Å². The first-order valence-corrected chi connectivity index (χ1v) is 11.3. The Morgan fingerprint density at radius 3 is 2.47 bits per heavy atom. The predicted octanol–water partition coefficient (Wildman–Crippen LogP) is 6.58. The van der Waals surface area contributed by atoms with E-state index >= 15 is 0 Å². The van der Waals surface area contributed by atoms with Crippen LogP contribution in [0.5, 0.6) is 0 Å². The number of carbonyl (C=O) groups excluding carboxylic acids is 2. The zero-order valence-corrected chi connectivity index (χ0v) is 19.3. The fourth-order valence-corrected chi connectivity index (χ4v) is 4.63. The number of ether oxygens (including phenoxy) is 1. The largest absolute Gasteiger partial charge is 0.444 e. The minimum atomic E-state index is -0.594. The van der Waals surface area contributed by atoms with E-state index in [1.54, 1.807) is 4.90 Å². The van der Waals surface area contributed by atoms with Crippen molar-refractivity contribution in [1.82, 2.24) is 4.90 Å². The average molecular weight is 430 g/mol. The molecule has 1 amide bonds. The number of hydrogen-bond acceptors (Lipinski definition) is 3. The van der Waals surface area contributed by atoms with E-state index in [0.29, 0.717) is 13.0 Å². The van der Waals surface area contributed by atoms with E-state index in [2.05, 4.69) is 24.3 Å². The summed E-state index contributed by atoms with van der Waals surface area (Å²) in [5.41, 5.74) is 2.37. The molecule has 0 bridgehead atoms. The zero-order valence-electron chi connectivity index (χ0n) is 19.3. The van der Waals surface area contributed by atoms with Crippen molar-refractivity contribution >= 4 is 22.6 Å². The monoisotopic (exact) mass is 429 g/mol. The van der Waals surface area contributed by atoms with E-state index in [1.807, 2.05) is 70.2 Å². The Bertz CT molecular complexity index is 1140. The molecule has 0 spiro atoms. The molecule has 0 N–H and O–H groups in total. The molecule has 166 valence electrons. The molecule has 4 rings (SSSR count). The number of Topliss-reactive ketones (excluding diaryl/α,β-unsaturated/α-hetero) is 1. The molecule has 32 heavy (non-hydrogen) atoms. The maximum atomic E-state index is 13.3. The molecule has 3 aromatic carbocycles. The van der Waals surface area contributed by atoms with Gasteiger partial charge in [0.05, 0.1) is 6.04 Å². The maximum Gasteiger partial charge on any atom is 0.410 e. The van der Waals surface area contributed by atoms with E-state index in [1.165, 1.54) is 0 Å². The lowest BCUT2D eigenvalue weighted by Crippen LogP contribution is -2.42. The topological polar surface area (TPSA) is 46.6 Å². The summed E-state index contributed by atoms with van der Waals surface area (Å²) >= 11 is 0. The molecule has 0 heterocycles. The van der Waals surface area contributed by atoms with Gasteiger partial charge in [0.15, 0.2) is 5.78 Å². The van der Waals surface area contributed by atoms with E-state index in [4.69, 9.17) is 4.74 Å². The van der Waals surface area contributed by atoms with Gasteiger partial charge in [-0.25, -0.2) is 4.79 Å². The summed E-state index contributed by atoms with van der Waals surface area (Å²) in [4.78, 5) is 27.9. The van der Waals surface area contributed by atoms with Crippen LogP contribution in [0.3, 0.4) is 0 Å². The summed E-state index contributed by atoms with van der Waals surface area (Å²) in [6, 6.07) is 22.0. The highest BCUT2D eigenvalue weighted by atomic mass is 16.6. The smallest absolute Gasteiger partial charge is 0.410 e. The molecule has 0 saturated heterocycles. The minimum Gasteiger partial charge on any atom is -0.444 e. The van der Waals surface area contributed by atoms with Gasteiger partial charge in [-0.1, -0.05) is 66.7 Å². The molecule has 0 radical (unpaired) electrons. The third-order valence-corrected chi connectivity index (χ3v) is 6.12. The average Bonchev–Trinajstić information content (AvgIpc) is 2.75. The fraction of sp³-hybridized carbons (Fsp3) is 0.357. The van der Waals surface area contributed by atoms with Crippen molar-refractivity contribution in [2.24, 2.45) is 5.92 Å². The Morgan fingerprint density at radius 2 is 1.69 bits per heavy atom. The number of ketones is 1. The molecule has 4 heteroatoms. The van der Waals surface area contributed by atoms with E-state index < -0.39 is 5.60 Å². The van der Waals surface area contributed by atoms with Crippen molar-refractivity contribution < 1.29 is 14.3 Å². The lowest BCUT2D eigenvalue weighted by Gasteiger charge is -2.36. The Hall–Kier alpha value is -3.14. The number of rotatable bonds is 4. The van der Waals surface area contributed by atoms with E-state index in [9.17, 15) is 9.59 Å². The number of hydrogen-bond donors (Lipinski definition) is 0. The van der Waals surface area contributed by atoms with Crippen molar-refractivity contribution in [2.75, 3.05) is 6.54 Å². The second kappa shape index (κ2) is 8.78. The van der Waals surface area contributed by atoms with Gasteiger partial charge in [0, 0.05) is 18.5 Å². The van der Waals surface area contributed by atoms with E-state index in [-0.39, 0.29) is 23.8 Å².